The number of anilines is 1. The molecule has 0 atom stereocenters. The topological polar surface area (TPSA) is 15.3 Å². The van der Waals surface area contributed by atoms with E-state index >= 15 is 0 Å². The second-order valence-corrected chi connectivity index (χ2v) is 7.70. The lowest BCUT2D eigenvalue weighted by atomic mass is 9.82. The van der Waals surface area contributed by atoms with Crippen molar-refractivity contribution in [1.29, 1.82) is 0 Å². The number of nitrogens with zero attached hydrogens (tertiary/aromatic N) is 1. The minimum Gasteiger partial charge on any atom is -0.369 e. The van der Waals surface area contributed by atoms with E-state index in [0.717, 1.165) is 30.7 Å². The summed E-state index contributed by atoms with van der Waals surface area (Å²) >= 11 is 3.62. The van der Waals surface area contributed by atoms with E-state index in [9.17, 15) is 0 Å². The normalized spacial score (nSPS) is 19.0. The van der Waals surface area contributed by atoms with E-state index in [1.807, 2.05) is 0 Å². The average molecular weight is 357 g/mol. The second kappa shape index (κ2) is 5.10. The molecule has 0 spiro atoms. The van der Waals surface area contributed by atoms with E-state index in [-0.39, 0.29) is 5.41 Å². The van der Waals surface area contributed by atoms with Crippen LogP contribution in [0.2, 0.25) is 0 Å². The first-order valence-electron chi connectivity index (χ1n) is 7.98. The van der Waals surface area contributed by atoms with Crippen LogP contribution in [0.15, 0.2) is 40.9 Å². The van der Waals surface area contributed by atoms with Gasteiger partial charge in [-0.2, -0.15) is 0 Å². The van der Waals surface area contributed by atoms with Crippen molar-refractivity contribution in [3.05, 3.63) is 52.0 Å². The van der Waals surface area contributed by atoms with Crippen LogP contribution in [0.4, 0.5) is 5.69 Å². The fourth-order valence-corrected chi connectivity index (χ4v) is 4.18. The Kier molecular flexibility index (Phi) is 3.31. The van der Waals surface area contributed by atoms with Crippen molar-refractivity contribution in [3.63, 3.8) is 0 Å². The molecule has 0 radical (unpaired) electrons. The number of halogens is 1. The molecule has 3 heteroatoms. The third kappa shape index (κ3) is 2.10. The van der Waals surface area contributed by atoms with Gasteiger partial charge in [0.15, 0.2) is 0 Å². The maximum atomic E-state index is 3.62. The Morgan fingerprint density at radius 1 is 0.955 bits per heavy atom. The fourth-order valence-electron chi connectivity index (χ4n) is 3.82. The van der Waals surface area contributed by atoms with Gasteiger partial charge in [-0.25, -0.2) is 0 Å². The van der Waals surface area contributed by atoms with Crippen molar-refractivity contribution in [2.24, 2.45) is 0 Å². The molecule has 4 rings (SSSR count). The van der Waals surface area contributed by atoms with Crippen LogP contribution in [0, 0.1) is 0 Å². The third-order valence-electron chi connectivity index (χ3n) is 5.10. The van der Waals surface area contributed by atoms with Crippen LogP contribution >= 0.6 is 15.9 Å². The molecule has 0 saturated carbocycles. The largest absolute Gasteiger partial charge is 0.369 e. The van der Waals surface area contributed by atoms with Crippen molar-refractivity contribution < 1.29 is 0 Å². The molecule has 2 aromatic rings. The second-order valence-electron chi connectivity index (χ2n) is 6.78. The molecule has 0 unspecified atom stereocenters. The Morgan fingerprint density at radius 3 is 2.32 bits per heavy atom. The Hall–Kier alpha value is -1.32. The molecule has 1 fully saturated rings. The molecule has 0 aromatic heterocycles. The van der Waals surface area contributed by atoms with E-state index in [2.05, 4.69) is 76.4 Å². The van der Waals surface area contributed by atoms with Crippen LogP contribution in [0.1, 0.15) is 25.0 Å². The van der Waals surface area contributed by atoms with Crippen molar-refractivity contribution in [3.8, 4) is 11.1 Å². The quantitative estimate of drug-likeness (QED) is 0.824. The first-order valence-corrected chi connectivity index (χ1v) is 8.77. The van der Waals surface area contributed by atoms with Crippen molar-refractivity contribution >= 4 is 21.6 Å². The van der Waals surface area contributed by atoms with E-state index in [0.29, 0.717) is 0 Å². The Labute approximate surface area is 140 Å². The average Bonchev–Trinajstić information content (AvgIpc) is 2.76. The predicted molar refractivity (Wildman–Crippen MR) is 96.8 cm³/mol. The van der Waals surface area contributed by atoms with Crippen LogP contribution in [-0.2, 0) is 5.41 Å². The lowest BCUT2D eigenvalue weighted by Crippen LogP contribution is -2.43. The molecule has 2 nitrogen and oxygen atoms in total. The van der Waals surface area contributed by atoms with Gasteiger partial charge in [-0.05, 0) is 46.5 Å². The molecule has 0 amide bonds. The van der Waals surface area contributed by atoms with E-state index in [4.69, 9.17) is 0 Å². The highest BCUT2D eigenvalue weighted by atomic mass is 79.9. The van der Waals surface area contributed by atoms with Gasteiger partial charge < -0.3 is 10.2 Å². The van der Waals surface area contributed by atoms with Gasteiger partial charge in [-0.3, -0.25) is 0 Å². The maximum absolute atomic E-state index is 3.62. The highest BCUT2D eigenvalue weighted by Gasteiger charge is 2.35. The van der Waals surface area contributed by atoms with E-state index < -0.39 is 0 Å². The molecule has 1 N–H and O–H groups in total. The number of hydrogen-bond donors (Lipinski definition) is 1. The van der Waals surface area contributed by atoms with Crippen LogP contribution in [0.3, 0.4) is 0 Å². The number of nitrogens with one attached hydrogen (secondary N) is 1. The smallest absolute Gasteiger partial charge is 0.0370 e. The first-order chi connectivity index (χ1) is 10.6. The van der Waals surface area contributed by atoms with Gasteiger partial charge in [-0.15, -0.1) is 0 Å². The lowest BCUT2D eigenvalue weighted by Gasteiger charge is -2.31. The fraction of sp³-hybridized carbons (Fsp3) is 0.368. The lowest BCUT2D eigenvalue weighted by molar-refractivity contribution is 0.588. The number of piperazine rings is 1. The molecule has 114 valence electrons. The monoisotopic (exact) mass is 356 g/mol. The molecule has 1 aliphatic heterocycles. The summed E-state index contributed by atoms with van der Waals surface area (Å²) in [5.41, 5.74) is 7.09. The minimum absolute atomic E-state index is 0.0679. The van der Waals surface area contributed by atoms with Crippen molar-refractivity contribution in [2.75, 3.05) is 31.1 Å². The summed E-state index contributed by atoms with van der Waals surface area (Å²) in [6.45, 7) is 9.02. The van der Waals surface area contributed by atoms with Gasteiger partial charge in [0, 0.05) is 41.8 Å². The van der Waals surface area contributed by atoms with Crippen LogP contribution < -0.4 is 10.2 Å². The minimum atomic E-state index is 0.0679. The summed E-state index contributed by atoms with van der Waals surface area (Å²) in [5, 5.41) is 3.43. The predicted octanol–water partition coefficient (Wildman–Crippen LogP) is 4.17. The standard InChI is InChI=1S/C19H21BrN2/c1-19(2)17-11-13(20)3-5-15(17)16-6-4-14(12-18(16)19)22-9-7-21-8-10-22/h3-6,11-12,21H,7-10H2,1-2H3. The van der Waals surface area contributed by atoms with Crippen LogP contribution in [0.5, 0.6) is 0 Å². The Balaban J connectivity index is 1.82. The molecule has 2 aliphatic rings. The van der Waals surface area contributed by atoms with Crippen molar-refractivity contribution in [2.45, 2.75) is 19.3 Å². The van der Waals surface area contributed by atoms with Crippen LogP contribution in [0.25, 0.3) is 11.1 Å². The zero-order chi connectivity index (χ0) is 15.3. The number of hydrogen-bond acceptors (Lipinski definition) is 2. The third-order valence-corrected chi connectivity index (χ3v) is 5.60. The molecular weight excluding hydrogens is 336 g/mol. The summed E-state index contributed by atoms with van der Waals surface area (Å²) in [4.78, 5) is 2.49. The molecule has 1 aliphatic carbocycles. The summed E-state index contributed by atoms with van der Waals surface area (Å²) in [6, 6.07) is 13.7. The summed E-state index contributed by atoms with van der Waals surface area (Å²) in [6.07, 6.45) is 0. The van der Waals surface area contributed by atoms with Gasteiger partial charge >= 0.3 is 0 Å². The SMILES string of the molecule is CC1(C)c2cc(Br)ccc2-c2ccc(N3CCNCC3)cc21. The summed E-state index contributed by atoms with van der Waals surface area (Å²) in [7, 11) is 0. The van der Waals surface area contributed by atoms with Gasteiger partial charge in [-0.1, -0.05) is 41.9 Å². The maximum Gasteiger partial charge on any atom is 0.0370 e. The first kappa shape index (κ1) is 14.3. The number of fused-ring (bicyclic) bond motifs is 3. The molecule has 22 heavy (non-hydrogen) atoms. The molecule has 0 bridgehead atoms. The van der Waals surface area contributed by atoms with Gasteiger partial charge in [0.2, 0.25) is 0 Å². The highest BCUT2D eigenvalue weighted by molar-refractivity contribution is 9.10. The molecular formula is C19H21BrN2. The summed E-state index contributed by atoms with van der Waals surface area (Å²) in [5.74, 6) is 0. The zero-order valence-corrected chi connectivity index (χ0v) is 14.7. The van der Waals surface area contributed by atoms with Crippen molar-refractivity contribution in [1.82, 2.24) is 5.32 Å². The van der Waals surface area contributed by atoms with E-state index in [1.54, 1.807) is 0 Å². The van der Waals surface area contributed by atoms with Gasteiger partial charge in [0.25, 0.3) is 0 Å². The number of benzene rings is 2. The molecule has 1 saturated heterocycles. The zero-order valence-electron chi connectivity index (χ0n) is 13.1. The Morgan fingerprint density at radius 2 is 1.59 bits per heavy atom. The molecule has 1 heterocycles. The van der Waals surface area contributed by atoms with E-state index in [1.165, 1.54) is 27.9 Å². The van der Waals surface area contributed by atoms with Crippen LogP contribution in [-0.4, -0.2) is 26.2 Å². The summed E-state index contributed by atoms with van der Waals surface area (Å²) < 4.78 is 1.16. The van der Waals surface area contributed by atoms with Gasteiger partial charge in [0.1, 0.15) is 0 Å². The van der Waals surface area contributed by atoms with Gasteiger partial charge in [0.05, 0.1) is 0 Å². The number of rotatable bonds is 1. The highest BCUT2D eigenvalue weighted by Crippen LogP contribution is 2.50. The molecule has 2 aromatic carbocycles. The Bertz CT molecular complexity index is 730.